The first-order chi connectivity index (χ1) is 8.06. The van der Waals surface area contributed by atoms with Crippen molar-refractivity contribution in [3.8, 4) is 5.75 Å². The van der Waals surface area contributed by atoms with Crippen LogP contribution in [0.3, 0.4) is 0 Å². The van der Waals surface area contributed by atoms with Crippen LogP contribution in [0.4, 0.5) is 22.7 Å². The van der Waals surface area contributed by atoms with Gasteiger partial charge in [-0.15, -0.1) is 0 Å². The summed E-state index contributed by atoms with van der Waals surface area (Å²) in [6.45, 7) is 1.85. The monoisotopic (exact) mass is 229 g/mol. The Morgan fingerprint density at radius 2 is 1.88 bits per heavy atom. The topological polar surface area (TPSA) is 84.3 Å². The molecule has 6 N–H and O–H groups in total. The number of anilines is 4. The van der Waals surface area contributed by atoms with E-state index in [-0.39, 0.29) is 5.75 Å². The van der Waals surface area contributed by atoms with Crippen molar-refractivity contribution in [3.63, 3.8) is 0 Å². The van der Waals surface area contributed by atoms with Crippen LogP contribution in [0.15, 0.2) is 36.4 Å². The van der Waals surface area contributed by atoms with E-state index in [0.717, 1.165) is 11.3 Å². The molecule has 0 aliphatic rings. The van der Waals surface area contributed by atoms with E-state index in [9.17, 15) is 5.11 Å². The fraction of sp³-hybridized carbons (Fsp3) is 0.0769. The average molecular weight is 229 g/mol. The number of nitrogens with one attached hydrogen (secondary N) is 1. The molecule has 0 aromatic heterocycles. The molecule has 0 amide bonds. The summed E-state index contributed by atoms with van der Waals surface area (Å²) < 4.78 is 0. The number of benzene rings is 2. The van der Waals surface area contributed by atoms with Crippen molar-refractivity contribution < 1.29 is 5.11 Å². The molecule has 4 heteroatoms. The summed E-state index contributed by atoms with van der Waals surface area (Å²) in [6.07, 6.45) is 0. The van der Waals surface area contributed by atoms with Gasteiger partial charge in [-0.05, 0) is 42.8 Å². The summed E-state index contributed by atoms with van der Waals surface area (Å²) in [7, 11) is 0. The van der Waals surface area contributed by atoms with Gasteiger partial charge in [-0.25, -0.2) is 0 Å². The van der Waals surface area contributed by atoms with Crippen molar-refractivity contribution in [3.05, 3.63) is 42.0 Å². The Bertz CT molecular complexity index is 552. The molecule has 0 fully saturated rings. The Morgan fingerprint density at radius 1 is 1.12 bits per heavy atom. The lowest BCUT2D eigenvalue weighted by Gasteiger charge is -2.11. The van der Waals surface area contributed by atoms with Gasteiger partial charge in [0.15, 0.2) is 0 Å². The Kier molecular flexibility index (Phi) is 2.78. The largest absolute Gasteiger partial charge is 0.506 e. The number of aromatic hydroxyl groups is 1. The molecule has 0 atom stereocenters. The van der Waals surface area contributed by atoms with Crippen LogP contribution in [-0.4, -0.2) is 5.11 Å². The van der Waals surface area contributed by atoms with Gasteiger partial charge in [-0.1, -0.05) is 6.07 Å². The second kappa shape index (κ2) is 4.25. The normalized spacial score (nSPS) is 10.2. The van der Waals surface area contributed by atoms with E-state index in [1.165, 1.54) is 0 Å². The number of hydrogen-bond donors (Lipinski definition) is 4. The highest BCUT2D eigenvalue weighted by Crippen LogP contribution is 2.31. The smallest absolute Gasteiger partial charge is 0.139 e. The Hall–Kier alpha value is -2.36. The van der Waals surface area contributed by atoms with E-state index in [1.54, 1.807) is 24.3 Å². The van der Waals surface area contributed by atoms with Crippen molar-refractivity contribution in [2.24, 2.45) is 0 Å². The SMILES string of the molecule is Cc1cc(O)c(Nc2cccc(N)c2)cc1N. The minimum absolute atomic E-state index is 0.166. The van der Waals surface area contributed by atoms with Crippen LogP contribution < -0.4 is 16.8 Å². The summed E-state index contributed by atoms with van der Waals surface area (Å²) in [5.74, 6) is 0.166. The van der Waals surface area contributed by atoms with E-state index >= 15 is 0 Å². The van der Waals surface area contributed by atoms with E-state index in [1.807, 2.05) is 19.1 Å². The lowest BCUT2D eigenvalue weighted by atomic mass is 10.1. The molecule has 0 aliphatic carbocycles. The highest BCUT2D eigenvalue weighted by atomic mass is 16.3. The highest BCUT2D eigenvalue weighted by Gasteiger charge is 2.05. The number of aryl methyl sites for hydroxylation is 1. The molecule has 0 heterocycles. The second-order valence-corrected chi connectivity index (χ2v) is 3.98. The zero-order valence-electron chi connectivity index (χ0n) is 9.57. The molecule has 2 aromatic carbocycles. The van der Waals surface area contributed by atoms with Crippen molar-refractivity contribution in [2.45, 2.75) is 6.92 Å². The third kappa shape index (κ3) is 2.42. The third-order valence-electron chi connectivity index (χ3n) is 2.55. The zero-order chi connectivity index (χ0) is 12.4. The standard InChI is InChI=1S/C13H15N3O/c1-8-5-13(17)12(7-11(8)15)16-10-4-2-3-9(14)6-10/h2-7,16-17H,14-15H2,1H3. The van der Waals surface area contributed by atoms with Gasteiger partial charge >= 0.3 is 0 Å². The summed E-state index contributed by atoms with van der Waals surface area (Å²) in [5, 5.41) is 12.9. The van der Waals surface area contributed by atoms with E-state index in [0.29, 0.717) is 17.1 Å². The molecular formula is C13H15N3O. The molecule has 0 bridgehead atoms. The quantitative estimate of drug-likeness (QED) is 0.362. The number of nitrogens with two attached hydrogens (primary N) is 2. The van der Waals surface area contributed by atoms with Gasteiger partial charge in [0.05, 0.1) is 5.69 Å². The molecule has 2 aromatic rings. The average Bonchev–Trinajstić information content (AvgIpc) is 2.26. The zero-order valence-corrected chi connectivity index (χ0v) is 9.57. The molecule has 2 rings (SSSR count). The number of phenols is 1. The van der Waals surface area contributed by atoms with Crippen LogP contribution in [0.2, 0.25) is 0 Å². The maximum Gasteiger partial charge on any atom is 0.139 e. The Balaban J connectivity index is 2.33. The van der Waals surface area contributed by atoms with Crippen LogP contribution in [-0.2, 0) is 0 Å². The van der Waals surface area contributed by atoms with Gasteiger partial charge < -0.3 is 21.9 Å². The Morgan fingerprint density at radius 3 is 2.59 bits per heavy atom. The molecule has 0 unspecified atom stereocenters. The van der Waals surface area contributed by atoms with Crippen LogP contribution >= 0.6 is 0 Å². The molecule has 0 saturated carbocycles. The molecule has 0 aliphatic heterocycles. The molecule has 0 spiro atoms. The van der Waals surface area contributed by atoms with Gasteiger partial charge in [0.25, 0.3) is 0 Å². The van der Waals surface area contributed by atoms with Gasteiger partial charge in [-0.3, -0.25) is 0 Å². The van der Waals surface area contributed by atoms with Crippen LogP contribution in [0, 0.1) is 6.92 Å². The van der Waals surface area contributed by atoms with E-state index in [2.05, 4.69) is 5.32 Å². The molecule has 0 saturated heterocycles. The first-order valence-electron chi connectivity index (χ1n) is 5.28. The minimum atomic E-state index is 0.166. The number of hydrogen-bond acceptors (Lipinski definition) is 4. The fourth-order valence-corrected chi connectivity index (χ4v) is 1.58. The van der Waals surface area contributed by atoms with Crippen LogP contribution in [0.1, 0.15) is 5.56 Å². The highest BCUT2D eigenvalue weighted by molar-refractivity contribution is 5.72. The van der Waals surface area contributed by atoms with Gasteiger partial charge in [0, 0.05) is 17.1 Å². The van der Waals surface area contributed by atoms with Crippen molar-refractivity contribution >= 4 is 22.7 Å². The summed E-state index contributed by atoms with van der Waals surface area (Å²) >= 11 is 0. The summed E-state index contributed by atoms with van der Waals surface area (Å²) in [6, 6.07) is 10.6. The van der Waals surface area contributed by atoms with Crippen LogP contribution in [0.5, 0.6) is 5.75 Å². The number of rotatable bonds is 2. The fourth-order valence-electron chi connectivity index (χ4n) is 1.58. The summed E-state index contributed by atoms with van der Waals surface area (Å²) in [5.41, 5.74) is 15.0. The molecule has 88 valence electrons. The third-order valence-corrected chi connectivity index (χ3v) is 2.55. The summed E-state index contributed by atoms with van der Waals surface area (Å²) in [4.78, 5) is 0. The van der Waals surface area contributed by atoms with Gasteiger partial charge in [0.1, 0.15) is 5.75 Å². The van der Waals surface area contributed by atoms with Gasteiger partial charge in [-0.2, -0.15) is 0 Å². The lowest BCUT2D eigenvalue weighted by Crippen LogP contribution is -1.96. The molecular weight excluding hydrogens is 214 g/mol. The predicted molar refractivity (Wildman–Crippen MR) is 71.4 cm³/mol. The second-order valence-electron chi connectivity index (χ2n) is 3.98. The molecule has 4 nitrogen and oxygen atoms in total. The number of phenolic OH excluding ortho intramolecular Hbond substituents is 1. The van der Waals surface area contributed by atoms with Crippen LogP contribution in [0.25, 0.3) is 0 Å². The predicted octanol–water partition coefficient (Wildman–Crippen LogP) is 2.61. The van der Waals surface area contributed by atoms with E-state index < -0.39 is 0 Å². The Labute approximate surface area is 99.9 Å². The maximum absolute atomic E-state index is 9.80. The first-order valence-corrected chi connectivity index (χ1v) is 5.28. The van der Waals surface area contributed by atoms with Gasteiger partial charge in [0.2, 0.25) is 0 Å². The number of nitrogen functional groups attached to an aromatic ring is 2. The molecule has 0 radical (unpaired) electrons. The van der Waals surface area contributed by atoms with Crippen molar-refractivity contribution in [2.75, 3.05) is 16.8 Å². The van der Waals surface area contributed by atoms with Crippen molar-refractivity contribution in [1.82, 2.24) is 0 Å². The lowest BCUT2D eigenvalue weighted by molar-refractivity contribution is 0.477. The molecule has 17 heavy (non-hydrogen) atoms. The first kappa shape index (κ1) is 11.1. The van der Waals surface area contributed by atoms with Crippen molar-refractivity contribution in [1.29, 1.82) is 0 Å². The maximum atomic E-state index is 9.80. The minimum Gasteiger partial charge on any atom is -0.506 e. The van der Waals surface area contributed by atoms with E-state index in [4.69, 9.17) is 11.5 Å².